The number of hydrogen-bond acceptors (Lipinski definition) is 4. The molecular weight excluding hydrogens is 370 g/mol. The first-order valence-electron chi connectivity index (χ1n) is 10.8. The molecule has 2 aliphatic heterocycles. The first-order valence-corrected chi connectivity index (χ1v) is 10.8. The largest absolute Gasteiger partial charge is 0.427 e. The number of amides is 3. The van der Waals surface area contributed by atoms with E-state index in [0.717, 1.165) is 32.4 Å². The van der Waals surface area contributed by atoms with Gasteiger partial charge in [0.25, 0.3) is 5.91 Å². The average Bonchev–Trinajstić information content (AvgIpc) is 3.20. The molecule has 7 nitrogen and oxygen atoms in total. The van der Waals surface area contributed by atoms with Crippen LogP contribution in [-0.2, 0) is 6.42 Å². The first kappa shape index (κ1) is 21.4. The normalized spacial score (nSPS) is 17.8. The van der Waals surface area contributed by atoms with E-state index in [2.05, 4.69) is 19.2 Å². The monoisotopic (exact) mass is 403 g/mol. The Bertz CT molecular complexity index is 788. The molecule has 3 rings (SSSR count). The summed E-state index contributed by atoms with van der Waals surface area (Å²) in [6.07, 6.45) is 5.18. The van der Waals surface area contributed by atoms with Gasteiger partial charge in [-0.25, -0.2) is 9.59 Å². The second-order valence-electron chi connectivity index (χ2n) is 8.70. The highest BCUT2D eigenvalue weighted by molar-refractivity contribution is 5.95. The van der Waals surface area contributed by atoms with Crippen molar-refractivity contribution in [1.29, 1.82) is 0 Å². The van der Waals surface area contributed by atoms with Crippen molar-refractivity contribution >= 4 is 11.9 Å². The Morgan fingerprint density at radius 1 is 1.14 bits per heavy atom. The van der Waals surface area contributed by atoms with Gasteiger partial charge in [-0.3, -0.25) is 4.79 Å². The number of carbonyl (C=O) groups is 2. The van der Waals surface area contributed by atoms with E-state index >= 15 is 0 Å². The van der Waals surface area contributed by atoms with Crippen LogP contribution >= 0.6 is 0 Å². The van der Waals surface area contributed by atoms with Gasteiger partial charge in [-0.1, -0.05) is 13.8 Å². The fourth-order valence-electron chi connectivity index (χ4n) is 4.08. The van der Waals surface area contributed by atoms with Gasteiger partial charge in [0.15, 0.2) is 0 Å². The molecule has 0 saturated carbocycles. The molecule has 0 atom stereocenters. The van der Waals surface area contributed by atoms with Crippen LogP contribution < -0.4 is 10.9 Å². The third-order valence-corrected chi connectivity index (χ3v) is 5.87. The molecule has 7 heteroatoms. The van der Waals surface area contributed by atoms with Crippen molar-refractivity contribution in [3.8, 4) is 0 Å². The number of nitrogens with one attached hydrogen (secondary N) is 1. The van der Waals surface area contributed by atoms with E-state index in [0.29, 0.717) is 49.6 Å². The summed E-state index contributed by atoms with van der Waals surface area (Å²) in [6, 6.07) is 1.88. The maximum absolute atomic E-state index is 12.7. The average molecular weight is 404 g/mol. The Balaban J connectivity index is 1.55. The zero-order valence-corrected chi connectivity index (χ0v) is 17.8. The molecule has 2 saturated heterocycles. The number of likely N-dealkylation sites (tertiary alicyclic amines) is 2. The lowest BCUT2D eigenvalue weighted by molar-refractivity contribution is 0.0907. The minimum atomic E-state index is -0.567. The summed E-state index contributed by atoms with van der Waals surface area (Å²) in [5, 5.41) is 2.97. The fraction of sp³-hybridized carbons (Fsp3) is 0.682. The third-order valence-electron chi connectivity index (χ3n) is 5.87. The van der Waals surface area contributed by atoms with Gasteiger partial charge in [0.1, 0.15) is 11.3 Å². The molecule has 3 heterocycles. The van der Waals surface area contributed by atoms with Crippen LogP contribution in [-0.4, -0.2) is 54.0 Å². The molecular formula is C22H33N3O4. The van der Waals surface area contributed by atoms with Crippen molar-refractivity contribution in [2.75, 3.05) is 26.2 Å². The Kier molecular flexibility index (Phi) is 6.98. The minimum Gasteiger partial charge on any atom is -0.427 e. The van der Waals surface area contributed by atoms with Crippen LogP contribution in [0.1, 0.15) is 67.6 Å². The lowest BCUT2D eigenvalue weighted by atomic mass is 10.0. The molecule has 1 aromatic rings. The van der Waals surface area contributed by atoms with E-state index in [-0.39, 0.29) is 23.5 Å². The van der Waals surface area contributed by atoms with Crippen molar-refractivity contribution in [3.63, 3.8) is 0 Å². The Hall–Kier alpha value is -2.31. The fourth-order valence-corrected chi connectivity index (χ4v) is 4.08. The van der Waals surface area contributed by atoms with Crippen LogP contribution in [0.25, 0.3) is 0 Å². The summed E-state index contributed by atoms with van der Waals surface area (Å²) in [5.74, 6) is 0.772. The van der Waals surface area contributed by atoms with Gasteiger partial charge in [0, 0.05) is 38.6 Å². The molecule has 2 aliphatic rings. The van der Waals surface area contributed by atoms with Crippen LogP contribution in [0.15, 0.2) is 15.3 Å². The summed E-state index contributed by atoms with van der Waals surface area (Å²) >= 11 is 0. The van der Waals surface area contributed by atoms with Gasteiger partial charge in [-0.2, -0.15) is 0 Å². The van der Waals surface area contributed by atoms with E-state index in [1.165, 1.54) is 0 Å². The number of aryl methyl sites for hydroxylation is 2. The molecule has 0 unspecified atom stereocenters. The van der Waals surface area contributed by atoms with E-state index < -0.39 is 5.63 Å². The van der Waals surface area contributed by atoms with Crippen molar-refractivity contribution in [1.82, 2.24) is 15.1 Å². The topological polar surface area (TPSA) is 82.9 Å². The minimum absolute atomic E-state index is 0.0375. The Labute approximate surface area is 172 Å². The molecule has 3 amide bonds. The molecule has 2 fully saturated rings. The van der Waals surface area contributed by atoms with E-state index in [4.69, 9.17) is 4.42 Å². The number of rotatable bonds is 5. The number of carbonyl (C=O) groups excluding carboxylic acids is 2. The lowest BCUT2D eigenvalue weighted by Gasteiger charge is -2.34. The van der Waals surface area contributed by atoms with Gasteiger partial charge in [-0.05, 0) is 56.6 Å². The van der Waals surface area contributed by atoms with Crippen molar-refractivity contribution in [2.24, 2.45) is 5.92 Å². The molecule has 29 heavy (non-hydrogen) atoms. The summed E-state index contributed by atoms with van der Waals surface area (Å²) in [5.41, 5.74) is 0.177. The molecule has 1 N–H and O–H groups in total. The summed E-state index contributed by atoms with van der Waals surface area (Å²) in [6.45, 7) is 8.97. The molecule has 0 radical (unpaired) electrons. The summed E-state index contributed by atoms with van der Waals surface area (Å²) in [4.78, 5) is 41.3. The second-order valence-corrected chi connectivity index (χ2v) is 8.70. The molecule has 160 valence electrons. The maximum Gasteiger partial charge on any atom is 0.349 e. The smallest absolute Gasteiger partial charge is 0.349 e. The Morgan fingerprint density at radius 2 is 1.76 bits per heavy atom. The lowest BCUT2D eigenvalue weighted by Crippen LogP contribution is -2.50. The zero-order chi connectivity index (χ0) is 21.0. The van der Waals surface area contributed by atoms with E-state index in [9.17, 15) is 14.4 Å². The van der Waals surface area contributed by atoms with Crippen molar-refractivity contribution < 1.29 is 14.0 Å². The first-order chi connectivity index (χ1) is 13.8. The van der Waals surface area contributed by atoms with Gasteiger partial charge >= 0.3 is 11.7 Å². The van der Waals surface area contributed by atoms with Crippen LogP contribution in [0.5, 0.6) is 0 Å². The van der Waals surface area contributed by atoms with Crippen LogP contribution in [0.3, 0.4) is 0 Å². The molecule has 0 spiro atoms. The summed E-state index contributed by atoms with van der Waals surface area (Å²) < 4.78 is 5.38. The summed E-state index contributed by atoms with van der Waals surface area (Å²) in [7, 11) is 0. The number of piperidine rings is 1. The van der Waals surface area contributed by atoms with Gasteiger partial charge in [-0.15, -0.1) is 0 Å². The third kappa shape index (κ3) is 5.40. The molecule has 0 bridgehead atoms. The standard InChI is InChI=1S/C22H33N3O4/c1-15(2)6-7-18-14-16(3)19(21(27)29-18)20(26)23-17-8-12-25(13-9-17)22(28)24-10-4-5-11-24/h14-15,17H,4-13H2,1-3H3,(H,23,26). The van der Waals surface area contributed by atoms with Crippen LogP contribution in [0, 0.1) is 12.8 Å². The van der Waals surface area contributed by atoms with E-state index in [1.807, 2.05) is 9.80 Å². The molecule has 0 aliphatic carbocycles. The predicted octanol–water partition coefficient (Wildman–Crippen LogP) is 2.95. The van der Waals surface area contributed by atoms with E-state index in [1.54, 1.807) is 13.0 Å². The van der Waals surface area contributed by atoms with Gasteiger partial charge < -0.3 is 19.5 Å². The zero-order valence-electron chi connectivity index (χ0n) is 17.8. The maximum atomic E-state index is 12.7. The van der Waals surface area contributed by atoms with Crippen molar-refractivity contribution in [2.45, 2.75) is 65.3 Å². The SMILES string of the molecule is Cc1cc(CCC(C)C)oc(=O)c1C(=O)NC1CCN(C(=O)N2CCCC2)CC1. The number of hydrogen-bond donors (Lipinski definition) is 1. The van der Waals surface area contributed by atoms with Gasteiger partial charge in [0.05, 0.1) is 0 Å². The highest BCUT2D eigenvalue weighted by Gasteiger charge is 2.29. The van der Waals surface area contributed by atoms with Gasteiger partial charge in [0.2, 0.25) is 0 Å². The highest BCUT2D eigenvalue weighted by atomic mass is 16.4. The number of nitrogens with zero attached hydrogens (tertiary/aromatic N) is 2. The van der Waals surface area contributed by atoms with Crippen molar-refractivity contribution in [3.05, 3.63) is 33.4 Å². The van der Waals surface area contributed by atoms with Crippen LogP contribution in [0.2, 0.25) is 0 Å². The molecule has 0 aromatic carbocycles. The Morgan fingerprint density at radius 3 is 2.34 bits per heavy atom. The molecule has 1 aromatic heterocycles. The number of urea groups is 1. The predicted molar refractivity (Wildman–Crippen MR) is 111 cm³/mol. The highest BCUT2D eigenvalue weighted by Crippen LogP contribution is 2.17. The second kappa shape index (κ2) is 9.46. The van der Waals surface area contributed by atoms with Crippen LogP contribution in [0.4, 0.5) is 4.79 Å². The quantitative estimate of drug-likeness (QED) is 0.819.